The number of halogens is 2. The number of rotatable bonds is 8. The highest BCUT2D eigenvalue weighted by molar-refractivity contribution is 7.89. The molecule has 4 rings (SSSR count). The van der Waals surface area contributed by atoms with Crippen molar-refractivity contribution < 1.29 is 26.2 Å². The summed E-state index contributed by atoms with van der Waals surface area (Å²) in [5.74, 6) is -1.63. The van der Waals surface area contributed by atoms with Gasteiger partial charge in [0.15, 0.2) is 0 Å². The Morgan fingerprint density at radius 2 is 1.85 bits per heavy atom. The second-order valence-corrected chi connectivity index (χ2v) is 13.4. The van der Waals surface area contributed by atoms with Gasteiger partial charge in [-0.25, -0.2) is 8.42 Å². The van der Waals surface area contributed by atoms with E-state index in [1.54, 1.807) is 37.5 Å². The maximum atomic E-state index is 14.0. The lowest BCUT2D eigenvalue weighted by Gasteiger charge is -2.41. The molecular weight excluding hydrogens is 611 g/mol. The van der Waals surface area contributed by atoms with E-state index in [4.69, 9.17) is 17.3 Å². The van der Waals surface area contributed by atoms with Crippen molar-refractivity contribution in [2.45, 2.75) is 37.2 Å². The van der Waals surface area contributed by atoms with Crippen LogP contribution < -0.4 is 5.73 Å². The number of nitrogens with two attached hydrogens (primary N) is 1. The van der Waals surface area contributed by atoms with Crippen molar-refractivity contribution in [2.75, 3.05) is 25.4 Å². The molecule has 1 fully saturated rings. The maximum Gasteiger partial charge on any atom is 0.266 e. The number of benzene rings is 2. The summed E-state index contributed by atoms with van der Waals surface area (Å²) < 4.78 is 61.2. The van der Waals surface area contributed by atoms with Gasteiger partial charge in [-0.1, -0.05) is 42.8 Å². The molecule has 1 aromatic heterocycles. The number of piperazine rings is 1. The molecule has 2 heterocycles. The van der Waals surface area contributed by atoms with Crippen molar-refractivity contribution in [2.24, 2.45) is 5.73 Å². The first-order valence-electron chi connectivity index (χ1n) is 12.6. The molecule has 2 unspecified atom stereocenters. The van der Waals surface area contributed by atoms with Crippen LogP contribution in [-0.2, 0) is 31.4 Å². The van der Waals surface area contributed by atoms with Crippen molar-refractivity contribution in [3.8, 4) is 11.1 Å². The predicted octanol–water partition coefficient (Wildman–Crippen LogP) is 3.48. The molecule has 2 aromatic carbocycles. The summed E-state index contributed by atoms with van der Waals surface area (Å²) in [6.07, 6.45) is 4.23. The average Bonchev–Trinajstić information content (AvgIpc) is 2.92. The van der Waals surface area contributed by atoms with Crippen molar-refractivity contribution in [3.63, 3.8) is 0 Å². The number of nitrogens with zero attached hydrogens (tertiary/aromatic N) is 3. The van der Waals surface area contributed by atoms with E-state index in [1.807, 2.05) is 31.2 Å². The quantitative estimate of drug-likeness (QED) is 0.354. The number of amides is 1. The number of carbonyl (C=O) groups is 1. The minimum atomic E-state index is -4.49. The summed E-state index contributed by atoms with van der Waals surface area (Å²) in [5.41, 5.74) is 9.71. The molecule has 3 N–H and O–H groups in total. The summed E-state index contributed by atoms with van der Waals surface area (Å²) in [6.45, 7) is 3.50. The lowest BCUT2D eigenvalue weighted by molar-refractivity contribution is -0.134. The first-order chi connectivity index (χ1) is 18.8. The van der Waals surface area contributed by atoms with E-state index in [0.717, 1.165) is 23.1 Å². The van der Waals surface area contributed by atoms with Crippen LogP contribution in [0.3, 0.4) is 0 Å². The number of sulfonamides is 1. The lowest BCUT2D eigenvalue weighted by atomic mass is 9.95. The number of carbonyl (C=O) groups excluding carboxylic acids is 1. The minimum Gasteiger partial charge on any atom is -0.338 e. The molecule has 0 bridgehead atoms. The van der Waals surface area contributed by atoms with Gasteiger partial charge in [0.2, 0.25) is 15.9 Å². The zero-order chi connectivity index (χ0) is 29.2. The van der Waals surface area contributed by atoms with Crippen LogP contribution >= 0.6 is 24.0 Å². The Hall–Kier alpha value is -2.58. The lowest BCUT2D eigenvalue weighted by Crippen LogP contribution is -2.56. The largest absolute Gasteiger partial charge is 0.338 e. The van der Waals surface area contributed by atoms with Crippen LogP contribution in [0, 0.1) is 6.92 Å². The Morgan fingerprint density at radius 3 is 2.54 bits per heavy atom. The van der Waals surface area contributed by atoms with Crippen LogP contribution in [0.5, 0.6) is 0 Å². The monoisotopic (exact) mass is 642 g/mol. The fourth-order valence-electron chi connectivity index (χ4n) is 4.96. The minimum absolute atomic E-state index is 0. The molecule has 1 amide bonds. The van der Waals surface area contributed by atoms with Crippen LogP contribution in [0.2, 0.25) is 5.02 Å². The Morgan fingerprint density at radius 1 is 1.15 bits per heavy atom. The smallest absolute Gasteiger partial charge is 0.266 e. The SMILES string of the molecule is CCc1cnccc1-c1cccc(C2CN(C(=O)C(N)CS(=O)(=O)O)CCN2S(=O)(=O)c2cccc(Cl)c2C)c1.Cl. The third-order valence-corrected chi connectivity index (χ3v) is 10.3. The molecule has 0 spiro atoms. The van der Waals surface area contributed by atoms with Crippen LogP contribution in [0.4, 0.5) is 0 Å². The van der Waals surface area contributed by atoms with E-state index in [0.29, 0.717) is 16.1 Å². The van der Waals surface area contributed by atoms with Gasteiger partial charge in [-0.2, -0.15) is 12.7 Å². The first-order valence-corrected chi connectivity index (χ1v) is 16.1. The normalized spacial score (nSPS) is 17.1. The third kappa shape index (κ3) is 7.26. The Labute approximate surface area is 251 Å². The van der Waals surface area contributed by atoms with Crippen LogP contribution in [-0.4, -0.2) is 72.9 Å². The second-order valence-electron chi connectivity index (χ2n) is 9.65. The molecule has 0 aliphatic carbocycles. The van der Waals surface area contributed by atoms with E-state index in [9.17, 15) is 26.2 Å². The van der Waals surface area contributed by atoms with Crippen molar-refractivity contribution in [3.05, 3.63) is 82.6 Å². The molecule has 1 saturated heterocycles. The van der Waals surface area contributed by atoms with Crippen LogP contribution in [0.15, 0.2) is 65.8 Å². The molecule has 14 heteroatoms. The van der Waals surface area contributed by atoms with Gasteiger partial charge in [0, 0.05) is 37.1 Å². The highest BCUT2D eigenvalue weighted by atomic mass is 35.5. The standard InChI is InChI=1S/C27H31ClN4O6S2.ClH/c1-3-19-15-30-11-10-22(19)20-6-4-7-21(14-20)25-16-31(27(33)24(29)17-39(34,35)36)12-13-32(25)40(37,38)26-9-5-8-23(28)18(26)2;/h4-11,14-15,24-25H,3,12-13,16-17,29H2,1-2H3,(H,34,35,36);1H. The van der Waals surface area contributed by atoms with E-state index < -0.39 is 43.9 Å². The number of aromatic nitrogens is 1. The number of pyridine rings is 1. The summed E-state index contributed by atoms with van der Waals surface area (Å²) in [4.78, 5) is 18.7. The third-order valence-electron chi connectivity index (χ3n) is 7.02. The molecule has 222 valence electrons. The van der Waals surface area contributed by atoms with E-state index in [1.165, 1.54) is 15.3 Å². The summed E-state index contributed by atoms with van der Waals surface area (Å²) >= 11 is 6.26. The van der Waals surface area contributed by atoms with Crippen molar-refractivity contribution >= 4 is 50.1 Å². The van der Waals surface area contributed by atoms with Crippen LogP contribution in [0.25, 0.3) is 11.1 Å². The summed E-state index contributed by atoms with van der Waals surface area (Å²) in [7, 11) is -8.56. The maximum absolute atomic E-state index is 14.0. The first kappa shape index (κ1) is 32.9. The molecule has 10 nitrogen and oxygen atoms in total. The fraction of sp³-hybridized carbons (Fsp3) is 0.333. The van der Waals surface area contributed by atoms with Gasteiger partial charge in [0.05, 0.1) is 16.7 Å². The molecule has 41 heavy (non-hydrogen) atoms. The van der Waals surface area contributed by atoms with Gasteiger partial charge in [-0.05, 0) is 65.4 Å². The molecular formula is C27H32Cl2N4O6S2. The molecule has 0 saturated carbocycles. The summed E-state index contributed by atoms with van der Waals surface area (Å²) in [5, 5.41) is 0.314. The highest BCUT2D eigenvalue weighted by Crippen LogP contribution is 2.36. The molecule has 0 radical (unpaired) electrons. The molecule has 3 aromatic rings. The molecule has 1 aliphatic rings. The molecule has 1 aliphatic heterocycles. The van der Waals surface area contributed by atoms with Gasteiger partial charge < -0.3 is 10.6 Å². The van der Waals surface area contributed by atoms with Crippen molar-refractivity contribution in [1.29, 1.82) is 0 Å². The molecule has 2 atom stereocenters. The van der Waals surface area contributed by atoms with Crippen LogP contribution in [0.1, 0.15) is 29.7 Å². The Balaban J connectivity index is 0.00000462. The number of hydrogen-bond donors (Lipinski definition) is 2. The fourth-order valence-corrected chi connectivity index (χ4v) is 7.63. The summed E-state index contributed by atoms with van der Waals surface area (Å²) in [6, 6.07) is 11.7. The zero-order valence-electron chi connectivity index (χ0n) is 22.5. The Bertz CT molecular complexity index is 1640. The predicted molar refractivity (Wildman–Crippen MR) is 160 cm³/mol. The van der Waals surface area contributed by atoms with E-state index in [-0.39, 0.29) is 36.9 Å². The topological polar surface area (TPSA) is 151 Å². The average molecular weight is 644 g/mol. The van der Waals surface area contributed by atoms with Gasteiger partial charge >= 0.3 is 0 Å². The Kier molecular flexibility index (Phi) is 10.6. The second kappa shape index (κ2) is 13.2. The zero-order valence-corrected chi connectivity index (χ0v) is 25.7. The van der Waals surface area contributed by atoms with Gasteiger partial charge in [0.1, 0.15) is 6.04 Å². The highest BCUT2D eigenvalue weighted by Gasteiger charge is 2.40. The van der Waals surface area contributed by atoms with Gasteiger partial charge in [0.25, 0.3) is 10.1 Å². The van der Waals surface area contributed by atoms with E-state index in [2.05, 4.69) is 4.98 Å². The number of hydrogen-bond acceptors (Lipinski definition) is 7. The van der Waals surface area contributed by atoms with Gasteiger partial charge in [-0.15, -0.1) is 12.4 Å². The van der Waals surface area contributed by atoms with Crippen molar-refractivity contribution in [1.82, 2.24) is 14.2 Å². The van der Waals surface area contributed by atoms with E-state index >= 15 is 0 Å². The van der Waals surface area contributed by atoms with Gasteiger partial charge in [-0.3, -0.25) is 14.3 Å². The number of aryl methyl sites for hydroxylation is 1.